The van der Waals surface area contributed by atoms with Crippen LogP contribution in [-0.4, -0.2) is 65.8 Å². The normalized spacial score (nSPS) is 14.7. The molecule has 0 atom stereocenters. The highest BCUT2D eigenvalue weighted by Gasteiger charge is 2.26. The average molecular weight is 406 g/mol. The molecule has 1 aromatic rings. The van der Waals surface area contributed by atoms with E-state index in [2.05, 4.69) is 5.32 Å². The Balaban J connectivity index is 1.79. The first kappa shape index (κ1) is 21.7. The Morgan fingerprint density at radius 1 is 1.07 bits per heavy atom. The smallest absolute Gasteiger partial charge is 0.410 e. The molecule has 1 fully saturated rings. The number of methoxy groups -OCH3 is 1. The van der Waals surface area contributed by atoms with Gasteiger partial charge in [-0.05, 0) is 56.8 Å². The van der Waals surface area contributed by atoms with Gasteiger partial charge in [-0.15, -0.1) is 0 Å². The van der Waals surface area contributed by atoms with Crippen molar-refractivity contribution in [3.8, 4) is 5.75 Å². The molecular formula is C20H27N3O4S. The maximum absolute atomic E-state index is 12.1. The van der Waals surface area contributed by atoms with Crippen LogP contribution >= 0.6 is 12.2 Å². The Kier molecular flexibility index (Phi) is 7.39. The van der Waals surface area contributed by atoms with Gasteiger partial charge in [0.25, 0.3) is 0 Å². The predicted molar refractivity (Wildman–Crippen MR) is 112 cm³/mol. The van der Waals surface area contributed by atoms with Crippen LogP contribution in [0.4, 0.5) is 4.79 Å². The third kappa shape index (κ3) is 6.84. The standard InChI is InChI=1S/C20H27N3O4S/c1-20(2,3)27-19(25)23-13-11-22(12-14-23)18(28)21-17(24)10-7-15-5-8-16(26-4)9-6-15/h5-10H,11-14H2,1-4H3,(H,21,24,28)/b10-7+. The van der Waals surface area contributed by atoms with E-state index in [4.69, 9.17) is 21.7 Å². The minimum absolute atomic E-state index is 0.296. The Hall–Kier alpha value is -2.61. The molecule has 1 N–H and O–H groups in total. The number of ether oxygens (including phenoxy) is 2. The predicted octanol–water partition coefficient (Wildman–Crippen LogP) is 2.66. The van der Waals surface area contributed by atoms with Crippen molar-refractivity contribution < 1.29 is 19.1 Å². The van der Waals surface area contributed by atoms with E-state index >= 15 is 0 Å². The summed E-state index contributed by atoms with van der Waals surface area (Å²) in [5.41, 5.74) is 0.362. The van der Waals surface area contributed by atoms with Crippen LogP contribution in [-0.2, 0) is 9.53 Å². The summed E-state index contributed by atoms with van der Waals surface area (Å²) >= 11 is 5.31. The fraction of sp³-hybridized carbons (Fsp3) is 0.450. The van der Waals surface area contributed by atoms with Gasteiger partial charge >= 0.3 is 6.09 Å². The fourth-order valence-electron chi connectivity index (χ4n) is 2.53. The van der Waals surface area contributed by atoms with E-state index in [1.807, 2.05) is 49.9 Å². The van der Waals surface area contributed by atoms with Crippen LogP contribution in [0.1, 0.15) is 26.3 Å². The van der Waals surface area contributed by atoms with Gasteiger partial charge in [-0.2, -0.15) is 0 Å². The lowest BCUT2D eigenvalue weighted by molar-refractivity contribution is -0.115. The van der Waals surface area contributed by atoms with E-state index in [1.165, 1.54) is 6.08 Å². The van der Waals surface area contributed by atoms with Crippen molar-refractivity contribution >= 4 is 35.4 Å². The summed E-state index contributed by atoms with van der Waals surface area (Å²) in [4.78, 5) is 27.7. The van der Waals surface area contributed by atoms with E-state index in [1.54, 1.807) is 18.1 Å². The van der Waals surface area contributed by atoms with Crippen LogP contribution in [0, 0.1) is 0 Å². The summed E-state index contributed by atoms with van der Waals surface area (Å²) in [6.07, 6.45) is 2.81. The van der Waals surface area contributed by atoms with Crippen LogP contribution in [0.3, 0.4) is 0 Å². The van der Waals surface area contributed by atoms with Crippen LogP contribution in [0.25, 0.3) is 6.08 Å². The highest BCUT2D eigenvalue weighted by atomic mass is 32.1. The highest BCUT2D eigenvalue weighted by Crippen LogP contribution is 2.13. The first-order valence-electron chi connectivity index (χ1n) is 9.08. The van der Waals surface area contributed by atoms with Gasteiger partial charge in [0.2, 0.25) is 5.91 Å². The molecule has 1 aromatic carbocycles. The highest BCUT2D eigenvalue weighted by molar-refractivity contribution is 7.80. The number of hydrogen-bond acceptors (Lipinski definition) is 5. The van der Waals surface area contributed by atoms with Crippen molar-refractivity contribution in [1.82, 2.24) is 15.1 Å². The van der Waals surface area contributed by atoms with Gasteiger partial charge in [-0.3, -0.25) is 10.1 Å². The fourth-order valence-corrected chi connectivity index (χ4v) is 2.81. The van der Waals surface area contributed by atoms with Crippen LogP contribution in [0.15, 0.2) is 30.3 Å². The first-order valence-corrected chi connectivity index (χ1v) is 9.49. The van der Waals surface area contributed by atoms with Gasteiger partial charge < -0.3 is 19.3 Å². The molecule has 8 heteroatoms. The van der Waals surface area contributed by atoms with Gasteiger partial charge in [-0.25, -0.2) is 4.79 Å². The maximum atomic E-state index is 12.1. The van der Waals surface area contributed by atoms with Crippen molar-refractivity contribution in [1.29, 1.82) is 0 Å². The number of carbonyl (C=O) groups excluding carboxylic acids is 2. The van der Waals surface area contributed by atoms with Crippen LogP contribution in [0.2, 0.25) is 0 Å². The Morgan fingerprint density at radius 2 is 1.64 bits per heavy atom. The zero-order valence-corrected chi connectivity index (χ0v) is 17.5. The summed E-state index contributed by atoms with van der Waals surface area (Å²) < 4.78 is 10.5. The Morgan fingerprint density at radius 3 is 2.18 bits per heavy atom. The number of thiocarbonyl (C=S) groups is 1. The Labute approximate surface area is 171 Å². The number of carbonyl (C=O) groups is 2. The monoisotopic (exact) mass is 405 g/mol. The number of nitrogens with one attached hydrogen (secondary N) is 1. The minimum atomic E-state index is -0.520. The molecule has 1 aliphatic heterocycles. The lowest BCUT2D eigenvalue weighted by Gasteiger charge is -2.36. The number of hydrogen-bond donors (Lipinski definition) is 1. The van der Waals surface area contributed by atoms with Crippen molar-refractivity contribution in [2.75, 3.05) is 33.3 Å². The van der Waals surface area contributed by atoms with Gasteiger partial charge in [0.1, 0.15) is 11.4 Å². The SMILES string of the molecule is COc1ccc(/C=C/C(=O)NC(=S)N2CCN(C(=O)OC(C)(C)C)CC2)cc1. The molecule has 152 valence electrons. The molecule has 1 aliphatic rings. The summed E-state index contributed by atoms with van der Waals surface area (Å²) in [7, 11) is 1.60. The van der Waals surface area contributed by atoms with Crippen LogP contribution in [0.5, 0.6) is 5.75 Å². The Bertz CT molecular complexity index is 733. The first-order chi connectivity index (χ1) is 13.2. The number of amides is 2. The van der Waals surface area contributed by atoms with Gasteiger partial charge in [0.05, 0.1) is 7.11 Å². The van der Waals surface area contributed by atoms with E-state index < -0.39 is 5.60 Å². The maximum Gasteiger partial charge on any atom is 0.410 e. The van der Waals surface area contributed by atoms with Crippen molar-refractivity contribution in [2.45, 2.75) is 26.4 Å². The number of nitrogens with zero attached hydrogens (tertiary/aromatic N) is 2. The molecule has 0 spiro atoms. The largest absolute Gasteiger partial charge is 0.497 e. The van der Waals surface area contributed by atoms with Gasteiger partial charge in [0, 0.05) is 32.3 Å². The summed E-state index contributed by atoms with van der Waals surface area (Å²) in [5.74, 6) is 0.462. The molecule has 0 radical (unpaired) electrons. The van der Waals surface area contributed by atoms with E-state index in [0.717, 1.165) is 11.3 Å². The zero-order chi connectivity index (χ0) is 20.7. The topological polar surface area (TPSA) is 71.1 Å². The molecule has 2 amide bonds. The van der Waals surface area contributed by atoms with Crippen LogP contribution < -0.4 is 10.1 Å². The quantitative estimate of drug-likeness (QED) is 0.616. The third-order valence-corrected chi connectivity index (χ3v) is 4.35. The van der Waals surface area contributed by atoms with E-state index in [9.17, 15) is 9.59 Å². The molecular weight excluding hydrogens is 378 g/mol. The number of rotatable bonds is 3. The molecule has 2 rings (SSSR count). The second kappa shape index (κ2) is 9.54. The molecule has 0 unspecified atom stereocenters. The second-order valence-electron chi connectivity index (χ2n) is 7.36. The zero-order valence-electron chi connectivity index (χ0n) is 16.7. The summed E-state index contributed by atoms with van der Waals surface area (Å²) in [6, 6.07) is 7.37. The van der Waals surface area contributed by atoms with E-state index in [-0.39, 0.29) is 12.0 Å². The molecule has 0 saturated carbocycles. The number of piperazine rings is 1. The van der Waals surface area contributed by atoms with Crippen molar-refractivity contribution in [2.24, 2.45) is 0 Å². The van der Waals surface area contributed by atoms with Gasteiger partial charge in [-0.1, -0.05) is 12.1 Å². The third-order valence-electron chi connectivity index (χ3n) is 3.99. The average Bonchev–Trinajstić information content (AvgIpc) is 2.65. The molecule has 0 aromatic heterocycles. The summed E-state index contributed by atoms with van der Waals surface area (Å²) in [5, 5.41) is 3.05. The lowest BCUT2D eigenvalue weighted by atomic mass is 10.2. The molecule has 7 nitrogen and oxygen atoms in total. The van der Waals surface area contributed by atoms with E-state index in [0.29, 0.717) is 31.3 Å². The van der Waals surface area contributed by atoms with Gasteiger partial charge in [0.15, 0.2) is 5.11 Å². The molecule has 1 heterocycles. The molecule has 0 aliphatic carbocycles. The molecule has 28 heavy (non-hydrogen) atoms. The summed E-state index contributed by atoms with van der Waals surface area (Å²) in [6.45, 7) is 7.59. The lowest BCUT2D eigenvalue weighted by Crippen LogP contribution is -2.54. The second-order valence-corrected chi connectivity index (χ2v) is 7.74. The molecule has 0 bridgehead atoms. The van der Waals surface area contributed by atoms with Crippen molar-refractivity contribution in [3.05, 3.63) is 35.9 Å². The van der Waals surface area contributed by atoms with Crippen molar-refractivity contribution in [3.63, 3.8) is 0 Å². The molecule has 1 saturated heterocycles. The number of benzene rings is 1. The minimum Gasteiger partial charge on any atom is -0.497 e.